The quantitative estimate of drug-likeness (QED) is 0.817. The highest BCUT2D eigenvalue weighted by atomic mass is 16.5. The topological polar surface area (TPSA) is 97.7 Å². The molecule has 2 unspecified atom stereocenters. The highest BCUT2D eigenvalue weighted by Gasteiger charge is 2.33. The van der Waals surface area contributed by atoms with Crippen LogP contribution in [0.5, 0.6) is 0 Å². The first-order valence-electron chi connectivity index (χ1n) is 10.4. The van der Waals surface area contributed by atoms with Crippen LogP contribution in [0, 0.1) is 5.92 Å². The van der Waals surface area contributed by atoms with Gasteiger partial charge in [0.1, 0.15) is 0 Å². The van der Waals surface area contributed by atoms with E-state index in [4.69, 9.17) is 15.0 Å². The molecule has 1 aromatic carbocycles. The van der Waals surface area contributed by atoms with Crippen molar-refractivity contribution in [3.63, 3.8) is 0 Å². The fourth-order valence-electron chi connectivity index (χ4n) is 4.08. The molecular weight excluding hydrogens is 370 g/mol. The monoisotopic (exact) mass is 399 g/mol. The summed E-state index contributed by atoms with van der Waals surface area (Å²) in [7, 11) is 0. The maximum Gasteiger partial charge on any atom is 0.244 e. The Morgan fingerprint density at radius 1 is 1.14 bits per heavy atom. The molecule has 2 aliphatic rings. The summed E-state index contributed by atoms with van der Waals surface area (Å²) < 4.78 is 10.9. The summed E-state index contributed by atoms with van der Waals surface area (Å²) in [6.45, 7) is 6.32. The fraction of sp³-hybridized carbons (Fsp3) is 0.571. The van der Waals surface area contributed by atoms with Crippen molar-refractivity contribution >= 4 is 5.91 Å². The van der Waals surface area contributed by atoms with Gasteiger partial charge in [0.15, 0.2) is 0 Å². The van der Waals surface area contributed by atoms with Crippen LogP contribution >= 0.6 is 0 Å². The number of ether oxygens (including phenoxy) is 1. The number of aromatic nitrogens is 2. The molecule has 8 nitrogen and oxygen atoms in total. The number of amides is 1. The SMILES string of the molecule is CC(c1nc(-c2ccccc2)no1)N1CCN(C(=O)C(N)C2CCOCC2)CC1. The Kier molecular flexibility index (Phi) is 6.22. The molecule has 2 fully saturated rings. The van der Waals surface area contributed by atoms with Crippen LogP contribution in [0.2, 0.25) is 0 Å². The van der Waals surface area contributed by atoms with Crippen LogP contribution in [0.25, 0.3) is 11.4 Å². The van der Waals surface area contributed by atoms with E-state index in [9.17, 15) is 4.79 Å². The molecule has 3 heterocycles. The van der Waals surface area contributed by atoms with Gasteiger partial charge in [0.25, 0.3) is 0 Å². The van der Waals surface area contributed by atoms with E-state index < -0.39 is 6.04 Å². The summed E-state index contributed by atoms with van der Waals surface area (Å²) in [6.07, 6.45) is 1.73. The van der Waals surface area contributed by atoms with Gasteiger partial charge >= 0.3 is 0 Å². The summed E-state index contributed by atoms with van der Waals surface area (Å²) in [6, 6.07) is 9.37. The molecule has 0 spiro atoms. The molecule has 8 heteroatoms. The lowest BCUT2D eigenvalue weighted by atomic mass is 9.91. The minimum atomic E-state index is -0.424. The lowest BCUT2D eigenvalue weighted by Crippen LogP contribution is -2.55. The molecule has 4 rings (SSSR count). The molecule has 1 amide bonds. The van der Waals surface area contributed by atoms with E-state index in [0.29, 0.717) is 38.0 Å². The van der Waals surface area contributed by atoms with E-state index in [-0.39, 0.29) is 17.9 Å². The van der Waals surface area contributed by atoms with E-state index in [1.54, 1.807) is 0 Å². The lowest BCUT2D eigenvalue weighted by Gasteiger charge is -2.39. The number of carbonyl (C=O) groups excluding carboxylic acids is 1. The van der Waals surface area contributed by atoms with Gasteiger partial charge in [0.05, 0.1) is 12.1 Å². The number of piperazine rings is 1. The minimum Gasteiger partial charge on any atom is -0.381 e. The van der Waals surface area contributed by atoms with E-state index in [1.165, 1.54) is 0 Å². The van der Waals surface area contributed by atoms with E-state index in [0.717, 1.165) is 31.5 Å². The number of rotatable bonds is 5. The number of benzene rings is 1. The number of hydrogen-bond acceptors (Lipinski definition) is 7. The second-order valence-electron chi connectivity index (χ2n) is 7.84. The predicted octanol–water partition coefficient (Wildman–Crippen LogP) is 1.70. The Hall–Kier alpha value is -2.29. The van der Waals surface area contributed by atoms with Gasteiger partial charge in [0.2, 0.25) is 17.6 Å². The summed E-state index contributed by atoms with van der Waals surface area (Å²) in [4.78, 5) is 21.5. The van der Waals surface area contributed by atoms with Gasteiger partial charge < -0.3 is 19.9 Å². The molecule has 1 aromatic heterocycles. The molecule has 2 aromatic rings. The number of nitrogens with zero attached hydrogens (tertiary/aromatic N) is 4. The van der Waals surface area contributed by atoms with Gasteiger partial charge in [0, 0.05) is 45.0 Å². The summed E-state index contributed by atoms with van der Waals surface area (Å²) in [5, 5.41) is 4.12. The highest BCUT2D eigenvalue weighted by molar-refractivity contribution is 5.82. The third-order valence-corrected chi connectivity index (χ3v) is 6.06. The first-order valence-corrected chi connectivity index (χ1v) is 10.4. The average molecular weight is 399 g/mol. The van der Waals surface area contributed by atoms with Crippen LogP contribution < -0.4 is 5.73 Å². The number of hydrogen-bond donors (Lipinski definition) is 1. The molecule has 0 aliphatic carbocycles. The van der Waals surface area contributed by atoms with Crippen LogP contribution in [0.1, 0.15) is 31.7 Å². The average Bonchev–Trinajstić information content (AvgIpc) is 3.29. The Balaban J connectivity index is 1.32. The van der Waals surface area contributed by atoms with Crippen molar-refractivity contribution in [3.8, 4) is 11.4 Å². The minimum absolute atomic E-state index is 0.00128. The van der Waals surface area contributed by atoms with Crippen LogP contribution in [-0.4, -0.2) is 71.3 Å². The predicted molar refractivity (Wildman–Crippen MR) is 108 cm³/mol. The van der Waals surface area contributed by atoms with Crippen molar-refractivity contribution in [3.05, 3.63) is 36.2 Å². The van der Waals surface area contributed by atoms with Crippen LogP contribution in [0.15, 0.2) is 34.9 Å². The molecule has 2 saturated heterocycles. The third kappa shape index (κ3) is 4.49. The third-order valence-electron chi connectivity index (χ3n) is 6.06. The standard InChI is InChI=1S/C21H29N5O3/c1-15(20-23-19(24-29-20)17-5-3-2-4-6-17)25-9-11-26(12-10-25)21(27)18(22)16-7-13-28-14-8-16/h2-6,15-16,18H,7-14,22H2,1H3. The number of nitrogens with two attached hydrogens (primary N) is 1. The van der Waals surface area contributed by atoms with Crippen LogP contribution in [-0.2, 0) is 9.53 Å². The van der Waals surface area contributed by atoms with E-state index in [1.807, 2.05) is 35.2 Å². The lowest BCUT2D eigenvalue weighted by molar-refractivity contribution is -0.136. The summed E-state index contributed by atoms with van der Waals surface area (Å²) in [5.41, 5.74) is 7.21. The van der Waals surface area contributed by atoms with Crippen molar-refractivity contribution in [1.82, 2.24) is 19.9 Å². The van der Waals surface area contributed by atoms with Gasteiger partial charge in [-0.25, -0.2) is 0 Å². The smallest absolute Gasteiger partial charge is 0.244 e. The Morgan fingerprint density at radius 2 is 1.83 bits per heavy atom. The fourth-order valence-corrected chi connectivity index (χ4v) is 4.08. The molecule has 29 heavy (non-hydrogen) atoms. The first-order chi connectivity index (χ1) is 14.1. The van der Waals surface area contributed by atoms with Crippen molar-refractivity contribution in [2.24, 2.45) is 11.7 Å². The Labute approximate surface area is 171 Å². The molecular formula is C21H29N5O3. The van der Waals surface area contributed by atoms with E-state index in [2.05, 4.69) is 22.0 Å². The zero-order valence-electron chi connectivity index (χ0n) is 16.9. The highest BCUT2D eigenvalue weighted by Crippen LogP contribution is 2.24. The molecule has 0 bridgehead atoms. The van der Waals surface area contributed by atoms with Gasteiger partial charge in [-0.2, -0.15) is 4.98 Å². The van der Waals surface area contributed by atoms with Gasteiger partial charge in [-0.3, -0.25) is 9.69 Å². The largest absolute Gasteiger partial charge is 0.381 e. The number of carbonyl (C=O) groups is 1. The second kappa shape index (κ2) is 9.02. The zero-order valence-corrected chi connectivity index (χ0v) is 16.9. The second-order valence-corrected chi connectivity index (χ2v) is 7.84. The van der Waals surface area contributed by atoms with Crippen molar-refractivity contribution < 1.29 is 14.1 Å². The van der Waals surface area contributed by atoms with Gasteiger partial charge in [-0.1, -0.05) is 35.5 Å². The van der Waals surface area contributed by atoms with Crippen molar-refractivity contribution in [2.45, 2.75) is 31.8 Å². The first kappa shape index (κ1) is 20.0. The normalized spacial score (nSPS) is 21.1. The van der Waals surface area contributed by atoms with Crippen molar-refractivity contribution in [1.29, 1.82) is 0 Å². The maximum atomic E-state index is 12.8. The maximum absolute atomic E-state index is 12.8. The molecule has 2 atom stereocenters. The molecule has 0 saturated carbocycles. The van der Waals surface area contributed by atoms with Gasteiger partial charge in [-0.05, 0) is 25.7 Å². The molecule has 156 valence electrons. The van der Waals surface area contributed by atoms with Crippen molar-refractivity contribution in [2.75, 3.05) is 39.4 Å². The van der Waals surface area contributed by atoms with E-state index >= 15 is 0 Å². The molecule has 0 radical (unpaired) electrons. The Morgan fingerprint density at radius 3 is 2.52 bits per heavy atom. The zero-order chi connectivity index (χ0) is 20.2. The van der Waals surface area contributed by atoms with Crippen LogP contribution in [0.4, 0.5) is 0 Å². The van der Waals surface area contributed by atoms with Gasteiger partial charge in [-0.15, -0.1) is 0 Å². The van der Waals surface area contributed by atoms with Crippen LogP contribution in [0.3, 0.4) is 0 Å². The molecule has 2 N–H and O–H groups in total. The Bertz CT molecular complexity index is 798. The summed E-state index contributed by atoms with van der Waals surface area (Å²) in [5.74, 6) is 1.49. The molecule has 2 aliphatic heterocycles. The summed E-state index contributed by atoms with van der Waals surface area (Å²) >= 11 is 0.